The van der Waals surface area contributed by atoms with Gasteiger partial charge < -0.3 is 30.2 Å². The number of hydrogen-bond donors (Lipinski definition) is 3. The number of amides is 3. The first-order chi connectivity index (χ1) is 18.2. The normalized spacial score (nSPS) is 14.4. The molecule has 1 aromatic carbocycles. The smallest absolute Gasteiger partial charge is 0.408 e. The number of alkyl carbamates (subject to hydrolysis) is 1. The molecule has 1 rings (SSSR count). The Balaban J connectivity index is 3.01. The second-order valence-corrected chi connectivity index (χ2v) is 11.2. The van der Waals surface area contributed by atoms with Crippen molar-refractivity contribution in [3.63, 3.8) is 0 Å². The van der Waals surface area contributed by atoms with Crippen LogP contribution < -0.4 is 16.0 Å². The van der Waals surface area contributed by atoms with Crippen LogP contribution in [0.1, 0.15) is 79.7 Å². The Hall–Kier alpha value is -3.43. The minimum absolute atomic E-state index is 0.0169. The third-order valence-electron chi connectivity index (χ3n) is 5.80. The summed E-state index contributed by atoms with van der Waals surface area (Å²) in [6.07, 6.45) is 0.907. The molecule has 0 spiro atoms. The first-order valence-electron chi connectivity index (χ1n) is 13.5. The Morgan fingerprint density at radius 3 is 2.05 bits per heavy atom. The summed E-state index contributed by atoms with van der Waals surface area (Å²) in [6, 6.07) is 5.98. The molecule has 0 radical (unpaired) electrons. The summed E-state index contributed by atoms with van der Waals surface area (Å²) in [4.78, 5) is 63.1. The quantitative estimate of drug-likeness (QED) is 0.225. The molecule has 0 aliphatic heterocycles. The number of rotatable bonds is 15. The molecule has 0 saturated carbocycles. The Bertz CT molecular complexity index is 944. The molecule has 10 heteroatoms. The zero-order valence-electron chi connectivity index (χ0n) is 24.2. The molecule has 0 aromatic heterocycles. The van der Waals surface area contributed by atoms with Crippen LogP contribution in [0.15, 0.2) is 30.3 Å². The Morgan fingerprint density at radius 2 is 1.51 bits per heavy atom. The molecule has 39 heavy (non-hydrogen) atoms. The second kappa shape index (κ2) is 16.5. The molecule has 0 aliphatic carbocycles. The lowest BCUT2D eigenvalue weighted by Gasteiger charge is -2.26. The van der Waals surface area contributed by atoms with E-state index in [4.69, 9.17) is 9.47 Å². The lowest BCUT2D eigenvalue weighted by Crippen LogP contribution is -2.56. The summed E-state index contributed by atoms with van der Waals surface area (Å²) in [6.45, 7) is 12.8. The van der Waals surface area contributed by atoms with Crippen LogP contribution in [0.5, 0.6) is 0 Å². The van der Waals surface area contributed by atoms with Gasteiger partial charge in [-0.25, -0.2) is 4.79 Å². The van der Waals surface area contributed by atoms with Gasteiger partial charge in [0.1, 0.15) is 30.6 Å². The number of carbonyl (C=O) groups is 5. The lowest BCUT2D eigenvalue weighted by atomic mass is 9.99. The van der Waals surface area contributed by atoms with E-state index in [1.807, 2.05) is 45.9 Å². The largest absolute Gasteiger partial charge is 0.460 e. The molecule has 0 bridgehead atoms. The van der Waals surface area contributed by atoms with Gasteiger partial charge in [-0.2, -0.15) is 0 Å². The molecule has 1 aromatic rings. The maximum atomic E-state index is 13.3. The van der Waals surface area contributed by atoms with Crippen molar-refractivity contribution in [3.8, 4) is 0 Å². The monoisotopic (exact) mass is 547 g/mol. The number of aldehydes is 1. The van der Waals surface area contributed by atoms with Crippen molar-refractivity contribution >= 4 is 30.2 Å². The molecule has 0 fully saturated rings. The fourth-order valence-corrected chi connectivity index (χ4v) is 3.67. The summed E-state index contributed by atoms with van der Waals surface area (Å²) in [7, 11) is 0. The topological polar surface area (TPSA) is 140 Å². The van der Waals surface area contributed by atoms with Crippen molar-refractivity contribution in [2.45, 2.75) is 104 Å². The van der Waals surface area contributed by atoms with Gasteiger partial charge in [-0.1, -0.05) is 64.4 Å². The highest BCUT2D eigenvalue weighted by molar-refractivity contribution is 5.94. The summed E-state index contributed by atoms with van der Waals surface area (Å²) in [5, 5.41) is 7.76. The van der Waals surface area contributed by atoms with E-state index in [0.717, 1.165) is 12.0 Å². The molecular formula is C29H45N3O7. The van der Waals surface area contributed by atoms with Gasteiger partial charge in [0.25, 0.3) is 0 Å². The predicted octanol–water partition coefficient (Wildman–Crippen LogP) is 3.66. The van der Waals surface area contributed by atoms with Crippen LogP contribution in [-0.2, 0) is 35.3 Å². The maximum absolute atomic E-state index is 13.3. The van der Waals surface area contributed by atoms with Crippen LogP contribution >= 0.6 is 0 Å². The SMILES string of the molecule is CCC(C)C[C@@H](C=O)NC(=O)[C@H](CC(=O)OC(C)(C)C)NC(=O)[C@H](CC(C)C)NC(=O)OCc1ccccc1. The number of esters is 1. The van der Waals surface area contributed by atoms with Crippen molar-refractivity contribution in [2.24, 2.45) is 11.8 Å². The summed E-state index contributed by atoms with van der Waals surface area (Å²) < 4.78 is 10.6. The molecule has 218 valence electrons. The summed E-state index contributed by atoms with van der Waals surface area (Å²) >= 11 is 0. The highest BCUT2D eigenvalue weighted by atomic mass is 16.6. The number of carbonyl (C=O) groups excluding carboxylic acids is 5. The molecule has 0 saturated heterocycles. The molecule has 10 nitrogen and oxygen atoms in total. The number of nitrogens with one attached hydrogen (secondary N) is 3. The van der Waals surface area contributed by atoms with Crippen molar-refractivity contribution in [1.29, 1.82) is 0 Å². The van der Waals surface area contributed by atoms with E-state index >= 15 is 0 Å². The molecule has 0 aliphatic rings. The Labute approximate surface area is 232 Å². The van der Waals surface area contributed by atoms with Gasteiger partial charge in [-0.15, -0.1) is 0 Å². The Kier molecular flexibility index (Phi) is 14.2. The average Bonchev–Trinajstić information content (AvgIpc) is 2.85. The van der Waals surface area contributed by atoms with E-state index in [-0.39, 0.29) is 24.9 Å². The first kappa shape index (κ1) is 33.6. The predicted molar refractivity (Wildman–Crippen MR) is 147 cm³/mol. The molecule has 0 heterocycles. The standard InChI is InChI=1S/C29H45N3O7/c1-8-20(4)15-22(17-33)30-26(35)24(16-25(34)39-29(5,6)7)31-27(36)23(14-19(2)3)32-28(37)38-18-21-12-10-9-11-13-21/h9-13,17,19-20,22-24H,8,14-16,18H2,1-7H3,(H,30,35)(H,31,36)(H,32,37)/t20?,22-,23-,24-/m0/s1. The van der Waals surface area contributed by atoms with Crippen molar-refractivity contribution < 1.29 is 33.4 Å². The number of ether oxygens (including phenoxy) is 2. The highest BCUT2D eigenvalue weighted by Crippen LogP contribution is 2.13. The summed E-state index contributed by atoms with van der Waals surface area (Å²) in [5.41, 5.74) is -0.0115. The zero-order chi connectivity index (χ0) is 29.6. The van der Waals surface area contributed by atoms with Crippen LogP contribution in [0.4, 0.5) is 4.79 Å². The minimum atomic E-state index is -1.32. The van der Waals surface area contributed by atoms with E-state index in [9.17, 15) is 24.0 Å². The molecular weight excluding hydrogens is 502 g/mol. The van der Waals surface area contributed by atoms with Crippen LogP contribution in [0.3, 0.4) is 0 Å². The van der Waals surface area contributed by atoms with Gasteiger partial charge in [0.15, 0.2) is 0 Å². The van der Waals surface area contributed by atoms with Crippen molar-refractivity contribution in [1.82, 2.24) is 16.0 Å². The van der Waals surface area contributed by atoms with Crippen molar-refractivity contribution in [2.75, 3.05) is 0 Å². The minimum Gasteiger partial charge on any atom is -0.460 e. The van der Waals surface area contributed by atoms with E-state index < -0.39 is 54.0 Å². The fraction of sp³-hybridized carbons (Fsp3) is 0.621. The second-order valence-electron chi connectivity index (χ2n) is 11.2. The van der Waals surface area contributed by atoms with Crippen LogP contribution in [0.25, 0.3) is 0 Å². The number of benzene rings is 1. The van der Waals surface area contributed by atoms with E-state index in [1.165, 1.54) is 0 Å². The average molecular weight is 548 g/mol. The zero-order valence-corrected chi connectivity index (χ0v) is 24.2. The first-order valence-corrected chi connectivity index (χ1v) is 13.5. The van der Waals surface area contributed by atoms with E-state index in [0.29, 0.717) is 12.7 Å². The molecule has 3 amide bonds. The van der Waals surface area contributed by atoms with Gasteiger partial charge >= 0.3 is 12.1 Å². The van der Waals surface area contributed by atoms with E-state index in [1.54, 1.807) is 32.9 Å². The lowest BCUT2D eigenvalue weighted by molar-refractivity contribution is -0.156. The summed E-state index contributed by atoms with van der Waals surface area (Å²) in [5.74, 6) is -1.84. The third kappa shape index (κ3) is 14.3. The fourth-order valence-electron chi connectivity index (χ4n) is 3.67. The van der Waals surface area contributed by atoms with Gasteiger partial charge in [-0.05, 0) is 51.0 Å². The molecule has 1 unspecified atom stereocenters. The molecule has 3 N–H and O–H groups in total. The Morgan fingerprint density at radius 1 is 0.897 bits per heavy atom. The van der Waals surface area contributed by atoms with Crippen LogP contribution in [0, 0.1) is 11.8 Å². The van der Waals surface area contributed by atoms with Gasteiger partial charge in [0.2, 0.25) is 11.8 Å². The maximum Gasteiger partial charge on any atom is 0.408 e. The highest BCUT2D eigenvalue weighted by Gasteiger charge is 2.32. The van der Waals surface area contributed by atoms with Crippen LogP contribution in [0.2, 0.25) is 0 Å². The number of hydrogen-bond acceptors (Lipinski definition) is 7. The van der Waals surface area contributed by atoms with Gasteiger partial charge in [0.05, 0.1) is 12.5 Å². The molecule has 4 atom stereocenters. The van der Waals surface area contributed by atoms with E-state index in [2.05, 4.69) is 16.0 Å². The van der Waals surface area contributed by atoms with Gasteiger partial charge in [-0.3, -0.25) is 14.4 Å². The van der Waals surface area contributed by atoms with Gasteiger partial charge in [0, 0.05) is 0 Å². The van der Waals surface area contributed by atoms with Crippen LogP contribution in [-0.4, -0.2) is 53.9 Å². The van der Waals surface area contributed by atoms with Crippen molar-refractivity contribution in [3.05, 3.63) is 35.9 Å². The third-order valence-corrected chi connectivity index (χ3v) is 5.80.